The number of carbonyl (C=O) groups excluding carboxylic acids is 2. The van der Waals surface area contributed by atoms with Crippen molar-refractivity contribution < 1.29 is 9.59 Å². The second-order valence-electron chi connectivity index (χ2n) is 4.03. The van der Waals surface area contributed by atoms with Crippen LogP contribution in [0.1, 0.15) is 22.4 Å². The fraction of sp³-hybridized carbons (Fsp3) is 0.545. The predicted octanol–water partition coefficient (Wildman–Crippen LogP) is 0.0559. The molecule has 1 unspecified atom stereocenters. The number of hydrogen-bond donors (Lipinski definition) is 2. The fourth-order valence-electron chi connectivity index (χ4n) is 1.52. The van der Waals surface area contributed by atoms with Crippen molar-refractivity contribution in [3.8, 4) is 0 Å². The van der Waals surface area contributed by atoms with E-state index in [0.29, 0.717) is 18.8 Å². The Labute approximate surface area is 110 Å². The van der Waals surface area contributed by atoms with Crippen molar-refractivity contribution >= 4 is 23.2 Å². The van der Waals surface area contributed by atoms with Gasteiger partial charge in [0.25, 0.3) is 5.91 Å². The minimum Gasteiger partial charge on any atom is -0.359 e. The van der Waals surface area contributed by atoms with E-state index in [0.717, 1.165) is 5.01 Å². The van der Waals surface area contributed by atoms with Gasteiger partial charge in [-0.15, -0.1) is 11.3 Å². The van der Waals surface area contributed by atoms with Crippen LogP contribution in [0, 0.1) is 5.92 Å². The number of rotatable bonds is 5. The van der Waals surface area contributed by atoms with Gasteiger partial charge in [-0.2, -0.15) is 0 Å². The summed E-state index contributed by atoms with van der Waals surface area (Å²) in [6, 6.07) is 0. The van der Waals surface area contributed by atoms with Gasteiger partial charge in [0.15, 0.2) is 0 Å². The Kier molecular flexibility index (Phi) is 5.24. The molecule has 0 saturated carbocycles. The van der Waals surface area contributed by atoms with Crippen LogP contribution < -0.4 is 11.1 Å². The highest BCUT2D eigenvalue weighted by atomic mass is 32.1. The first-order valence-electron chi connectivity index (χ1n) is 5.61. The minimum absolute atomic E-state index is 0.0874. The Morgan fingerprint density at radius 3 is 2.78 bits per heavy atom. The lowest BCUT2D eigenvalue weighted by atomic mass is 10.1. The standard InChI is InChI=1S/C11H18N4O2S/c1-7(10(16)13-2)5-15(3)11(17)8-6-18-9(4-12)14-8/h6-7H,4-5,12H2,1-3H3,(H,13,16). The Morgan fingerprint density at radius 1 is 1.61 bits per heavy atom. The Balaban J connectivity index is 2.63. The highest BCUT2D eigenvalue weighted by molar-refractivity contribution is 7.09. The molecule has 0 bridgehead atoms. The molecule has 0 spiro atoms. The molecule has 3 N–H and O–H groups in total. The van der Waals surface area contributed by atoms with Gasteiger partial charge in [0, 0.05) is 32.6 Å². The molecule has 0 aliphatic heterocycles. The summed E-state index contributed by atoms with van der Waals surface area (Å²) in [6.07, 6.45) is 0. The minimum atomic E-state index is -0.253. The Morgan fingerprint density at radius 2 is 2.28 bits per heavy atom. The third kappa shape index (κ3) is 3.51. The van der Waals surface area contributed by atoms with Gasteiger partial charge in [-0.1, -0.05) is 6.92 Å². The van der Waals surface area contributed by atoms with Gasteiger partial charge in [0.1, 0.15) is 10.7 Å². The molecule has 2 amide bonds. The van der Waals surface area contributed by atoms with Crippen LogP contribution in [0.4, 0.5) is 0 Å². The van der Waals surface area contributed by atoms with Gasteiger partial charge < -0.3 is 16.0 Å². The third-order valence-electron chi connectivity index (χ3n) is 2.53. The number of aromatic nitrogens is 1. The van der Waals surface area contributed by atoms with Gasteiger partial charge >= 0.3 is 0 Å². The molecule has 1 heterocycles. The van der Waals surface area contributed by atoms with E-state index in [1.807, 2.05) is 0 Å². The molecule has 0 radical (unpaired) electrons. The van der Waals surface area contributed by atoms with Crippen LogP contribution in [0.15, 0.2) is 5.38 Å². The lowest BCUT2D eigenvalue weighted by molar-refractivity contribution is -0.124. The van der Waals surface area contributed by atoms with Crippen LogP contribution in [0.5, 0.6) is 0 Å². The smallest absolute Gasteiger partial charge is 0.273 e. The predicted molar refractivity (Wildman–Crippen MR) is 70.2 cm³/mol. The van der Waals surface area contributed by atoms with Crippen molar-refractivity contribution in [1.29, 1.82) is 0 Å². The van der Waals surface area contributed by atoms with E-state index < -0.39 is 0 Å². The number of nitrogens with one attached hydrogen (secondary N) is 1. The Hall–Kier alpha value is -1.47. The van der Waals surface area contributed by atoms with Crippen molar-refractivity contribution in [3.05, 3.63) is 16.1 Å². The molecule has 7 heteroatoms. The summed E-state index contributed by atoms with van der Waals surface area (Å²) in [5.74, 6) is -0.533. The quantitative estimate of drug-likeness (QED) is 0.791. The van der Waals surface area contributed by atoms with E-state index in [-0.39, 0.29) is 17.7 Å². The molecule has 0 aromatic carbocycles. The first-order chi connectivity index (χ1) is 8.49. The van der Waals surface area contributed by atoms with Gasteiger partial charge in [-0.05, 0) is 0 Å². The zero-order chi connectivity index (χ0) is 13.7. The van der Waals surface area contributed by atoms with Gasteiger partial charge in [0.05, 0.1) is 5.92 Å². The summed E-state index contributed by atoms with van der Waals surface area (Å²) >= 11 is 1.36. The van der Waals surface area contributed by atoms with Crippen LogP contribution in [0.3, 0.4) is 0 Å². The molecule has 1 atom stereocenters. The molecule has 100 valence electrons. The van der Waals surface area contributed by atoms with E-state index >= 15 is 0 Å². The second kappa shape index (κ2) is 6.46. The van der Waals surface area contributed by atoms with E-state index in [9.17, 15) is 9.59 Å². The lowest BCUT2D eigenvalue weighted by Gasteiger charge is -2.19. The molecular weight excluding hydrogens is 252 g/mol. The number of carbonyl (C=O) groups is 2. The van der Waals surface area contributed by atoms with Crippen LogP contribution in [-0.4, -0.2) is 42.3 Å². The van der Waals surface area contributed by atoms with Crippen molar-refractivity contribution in [1.82, 2.24) is 15.2 Å². The lowest BCUT2D eigenvalue weighted by Crippen LogP contribution is -2.37. The van der Waals surface area contributed by atoms with E-state index in [4.69, 9.17) is 5.73 Å². The molecule has 0 aliphatic rings. The summed E-state index contributed by atoms with van der Waals surface area (Å²) in [6.45, 7) is 2.46. The molecule has 1 aromatic heterocycles. The fourth-order valence-corrected chi connectivity index (χ4v) is 2.17. The van der Waals surface area contributed by atoms with Crippen LogP contribution >= 0.6 is 11.3 Å². The number of hydrogen-bond acceptors (Lipinski definition) is 5. The summed E-state index contributed by atoms with van der Waals surface area (Å²) in [5.41, 5.74) is 5.83. The first-order valence-corrected chi connectivity index (χ1v) is 6.49. The van der Waals surface area contributed by atoms with E-state index in [1.165, 1.54) is 16.2 Å². The number of nitrogens with zero attached hydrogens (tertiary/aromatic N) is 2. The zero-order valence-electron chi connectivity index (χ0n) is 10.8. The summed E-state index contributed by atoms with van der Waals surface area (Å²) in [4.78, 5) is 29.0. The molecule has 1 aromatic rings. The molecule has 0 saturated heterocycles. The Bertz CT molecular complexity index is 432. The molecule has 18 heavy (non-hydrogen) atoms. The highest BCUT2D eigenvalue weighted by Crippen LogP contribution is 2.11. The van der Waals surface area contributed by atoms with Crippen molar-refractivity contribution in [2.24, 2.45) is 11.7 Å². The third-order valence-corrected chi connectivity index (χ3v) is 3.41. The zero-order valence-corrected chi connectivity index (χ0v) is 11.6. The average molecular weight is 270 g/mol. The average Bonchev–Trinajstić information content (AvgIpc) is 2.85. The van der Waals surface area contributed by atoms with Crippen LogP contribution in [0.25, 0.3) is 0 Å². The summed E-state index contributed by atoms with van der Waals surface area (Å²) < 4.78 is 0. The summed E-state index contributed by atoms with van der Waals surface area (Å²) in [7, 11) is 3.23. The van der Waals surface area contributed by atoms with Gasteiger partial charge in [-0.3, -0.25) is 9.59 Å². The van der Waals surface area contributed by atoms with Gasteiger partial charge in [-0.25, -0.2) is 4.98 Å². The van der Waals surface area contributed by atoms with Crippen molar-refractivity contribution in [3.63, 3.8) is 0 Å². The number of thiazole rings is 1. The van der Waals surface area contributed by atoms with Crippen molar-refractivity contribution in [2.75, 3.05) is 20.6 Å². The number of nitrogens with two attached hydrogens (primary N) is 1. The molecule has 1 rings (SSSR count). The largest absolute Gasteiger partial charge is 0.359 e. The SMILES string of the molecule is CNC(=O)C(C)CN(C)C(=O)c1csc(CN)n1. The molecule has 6 nitrogen and oxygen atoms in total. The second-order valence-corrected chi connectivity index (χ2v) is 4.97. The van der Waals surface area contributed by atoms with E-state index in [1.54, 1.807) is 26.4 Å². The maximum Gasteiger partial charge on any atom is 0.273 e. The normalized spacial score (nSPS) is 12.0. The van der Waals surface area contributed by atoms with Crippen LogP contribution in [0.2, 0.25) is 0 Å². The monoisotopic (exact) mass is 270 g/mol. The maximum atomic E-state index is 12.0. The molecule has 0 fully saturated rings. The van der Waals surface area contributed by atoms with E-state index in [2.05, 4.69) is 10.3 Å². The van der Waals surface area contributed by atoms with Crippen molar-refractivity contribution in [2.45, 2.75) is 13.5 Å². The maximum absolute atomic E-state index is 12.0. The molecule has 0 aliphatic carbocycles. The summed E-state index contributed by atoms with van der Waals surface area (Å²) in [5, 5.41) is 4.97. The highest BCUT2D eigenvalue weighted by Gasteiger charge is 2.20. The molecular formula is C11H18N4O2S. The topological polar surface area (TPSA) is 88.3 Å². The van der Waals surface area contributed by atoms with Gasteiger partial charge in [0.2, 0.25) is 5.91 Å². The van der Waals surface area contributed by atoms with Crippen LogP contribution in [-0.2, 0) is 11.3 Å². The first kappa shape index (κ1) is 14.6. The number of amides is 2.